The monoisotopic (exact) mass is 180 g/mol. The van der Waals surface area contributed by atoms with Crippen molar-refractivity contribution in [3.63, 3.8) is 0 Å². The highest BCUT2D eigenvalue weighted by molar-refractivity contribution is 9.10. The molecule has 0 aliphatic heterocycles. The lowest BCUT2D eigenvalue weighted by molar-refractivity contribution is 1.30. The summed E-state index contributed by atoms with van der Waals surface area (Å²) in [6, 6.07) is 0. The Kier molecular flexibility index (Phi) is 1.35. The van der Waals surface area contributed by atoms with E-state index in [0.717, 1.165) is 4.60 Å². The number of halogens is 2. The summed E-state index contributed by atoms with van der Waals surface area (Å²) >= 11 is 8.47. The zero-order valence-electron chi connectivity index (χ0n) is 3.28. The van der Waals surface area contributed by atoms with Crippen molar-refractivity contribution in [2.24, 2.45) is 0 Å². The molecule has 1 N–H and O–H groups in total. The third-order valence-corrected chi connectivity index (χ3v) is 1.12. The van der Waals surface area contributed by atoms with Crippen molar-refractivity contribution < 1.29 is 0 Å². The summed E-state index contributed by atoms with van der Waals surface area (Å²) in [6.07, 6.45) is 1.67. The normalized spacial score (nSPS) is 9.43. The van der Waals surface area contributed by atoms with Crippen molar-refractivity contribution in [3.05, 3.63) is 16.1 Å². The molecule has 0 spiro atoms. The van der Waals surface area contributed by atoms with E-state index in [9.17, 15) is 0 Å². The van der Waals surface area contributed by atoms with E-state index >= 15 is 0 Å². The summed E-state index contributed by atoms with van der Waals surface area (Å²) in [5.74, 6) is 0. The van der Waals surface area contributed by atoms with Gasteiger partial charge >= 0.3 is 0 Å². The van der Waals surface area contributed by atoms with Crippen LogP contribution in [0.4, 0.5) is 0 Å². The van der Waals surface area contributed by atoms with Crippen molar-refractivity contribution in [2.75, 3.05) is 0 Å². The Morgan fingerprint density at radius 1 is 1.86 bits per heavy atom. The average Bonchev–Trinajstić information content (AvgIpc) is 1.87. The predicted octanol–water partition coefficient (Wildman–Crippen LogP) is 1.83. The van der Waals surface area contributed by atoms with Crippen molar-refractivity contribution in [1.82, 2.24) is 9.97 Å². The van der Waals surface area contributed by atoms with E-state index in [1.165, 1.54) is 0 Å². The number of H-pyrrole nitrogens is 1. The van der Waals surface area contributed by atoms with Gasteiger partial charge in [-0.3, -0.25) is 0 Å². The number of hydrogen-bond donors (Lipinski definition) is 1. The number of aromatic amines is 1. The Bertz CT molecular complexity index is 145. The molecule has 0 unspecified atom stereocenters. The van der Waals surface area contributed by atoms with E-state index in [0.29, 0.717) is 5.28 Å². The first-order chi connectivity index (χ1) is 3.29. The van der Waals surface area contributed by atoms with Gasteiger partial charge in [-0.2, -0.15) is 0 Å². The minimum atomic E-state index is 0.409. The first kappa shape index (κ1) is 5.12. The lowest BCUT2D eigenvalue weighted by Crippen LogP contribution is -1.58. The van der Waals surface area contributed by atoms with Crippen LogP contribution in [0.1, 0.15) is 0 Å². The highest BCUT2D eigenvalue weighted by atomic mass is 79.9. The van der Waals surface area contributed by atoms with Gasteiger partial charge in [0.15, 0.2) is 0 Å². The van der Waals surface area contributed by atoms with E-state index in [1.54, 1.807) is 6.20 Å². The summed E-state index contributed by atoms with van der Waals surface area (Å²) in [7, 11) is 0. The molecule has 0 atom stereocenters. The van der Waals surface area contributed by atoms with Gasteiger partial charge in [0, 0.05) is 6.20 Å². The molecule has 1 aromatic rings. The summed E-state index contributed by atoms with van der Waals surface area (Å²) in [5.41, 5.74) is 0. The molecule has 0 bridgehead atoms. The first-order valence-electron chi connectivity index (χ1n) is 1.65. The van der Waals surface area contributed by atoms with Crippen LogP contribution in [0.15, 0.2) is 10.8 Å². The molecule has 0 saturated carbocycles. The molecule has 0 aromatic carbocycles. The SMILES string of the molecule is Clc1nc(Br)c[nH]1. The highest BCUT2D eigenvalue weighted by Gasteiger charge is 1.88. The zero-order valence-corrected chi connectivity index (χ0v) is 5.62. The van der Waals surface area contributed by atoms with E-state index in [4.69, 9.17) is 11.6 Å². The Morgan fingerprint density at radius 2 is 2.57 bits per heavy atom. The molecule has 1 heterocycles. The lowest BCUT2D eigenvalue weighted by atomic mass is 11.0. The fraction of sp³-hybridized carbons (Fsp3) is 0. The van der Waals surface area contributed by atoms with Gasteiger partial charge in [0.25, 0.3) is 0 Å². The van der Waals surface area contributed by atoms with Crippen LogP contribution in [0.5, 0.6) is 0 Å². The minimum Gasteiger partial charge on any atom is -0.334 e. The van der Waals surface area contributed by atoms with Gasteiger partial charge in [0.2, 0.25) is 5.28 Å². The van der Waals surface area contributed by atoms with Crippen LogP contribution in [0.25, 0.3) is 0 Å². The topological polar surface area (TPSA) is 28.7 Å². The fourth-order valence-corrected chi connectivity index (χ4v) is 0.817. The number of hydrogen-bond acceptors (Lipinski definition) is 1. The molecule has 4 heteroatoms. The summed E-state index contributed by atoms with van der Waals surface area (Å²) < 4.78 is 0.734. The van der Waals surface area contributed by atoms with Crippen LogP contribution < -0.4 is 0 Å². The number of nitrogens with zero attached hydrogens (tertiary/aromatic N) is 1. The molecular formula is C3H2BrClN2. The van der Waals surface area contributed by atoms with Crippen molar-refractivity contribution >= 4 is 27.5 Å². The summed E-state index contributed by atoms with van der Waals surface area (Å²) in [5, 5.41) is 0.409. The number of rotatable bonds is 0. The molecule has 0 amide bonds. The molecule has 0 aliphatic rings. The standard InChI is InChI=1S/C3H2BrClN2/c4-2-1-6-3(5)7-2/h1H,(H,6,7). The molecule has 1 rings (SSSR count). The molecule has 0 aliphatic carbocycles. The lowest BCUT2D eigenvalue weighted by Gasteiger charge is -1.66. The molecular weight excluding hydrogens is 179 g/mol. The van der Waals surface area contributed by atoms with Gasteiger partial charge in [-0.1, -0.05) is 0 Å². The highest BCUT2D eigenvalue weighted by Crippen LogP contribution is 2.07. The van der Waals surface area contributed by atoms with Gasteiger partial charge in [0.05, 0.1) is 0 Å². The maximum Gasteiger partial charge on any atom is 0.201 e. The van der Waals surface area contributed by atoms with Gasteiger partial charge in [-0.05, 0) is 27.5 Å². The zero-order chi connectivity index (χ0) is 5.28. The Labute approximate surface area is 54.0 Å². The van der Waals surface area contributed by atoms with Gasteiger partial charge in [-0.25, -0.2) is 4.98 Å². The van der Waals surface area contributed by atoms with E-state index in [1.807, 2.05) is 0 Å². The van der Waals surface area contributed by atoms with Crippen LogP contribution in [0.2, 0.25) is 5.28 Å². The van der Waals surface area contributed by atoms with E-state index in [2.05, 4.69) is 25.9 Å². The first-order valence-corrected chi connectivity index (χ1v) is 2.82. The smallest absolute Gasteiger partial charge is 0.201 e. The van der Waals surface area contributed by atoms with Gasteiger partial charge in [-0.15, -0.1) is 0 Å². The average molecular weight is 181 g/mol. The number of imidazole rings is 1. The van der Waals surface area contributed by atoms with E-state index in [-0.39, 0.29) is 0 Å². The largest absolute Gasteiger partial charge is 0.334 e. The third kappa shape index (κ3) is 1.17. The number of aromatic nitrogens is 2. The number of nitrogens with one attached hydrogen (secondary N) is 1. The molecule has 0 fully saturated rings. The summed E-state index contributed by atoms with van der Waals surface area (Å²) in [6.45, 7) is 0. The van der Waals surface area contributed by atoms with Crippen LogP contribution >= 0.6 is 27.5 Å². The second-order valence-electron chi connectivity index (χ2n) is 1.01. The van der Waals surface area contributed by atoms with Crippen LogP contribution in [-0.4, -0.2) is 9.97 Å². The van der Waals surface area contributed by atoms with Gasteiger partial charge < -0.3 is 4.98 Å². The molecule has 0 saturated heterocycles. The Balaban J connectivity index is 3.04. The van der Waals surface area contributed by atoms with Crippen LogP contribution in [-0.2, 0) is 0 Å². The Morgan fingerprint density at radius 3 is 2.71 bits per heavy atom. The molecule has 0 radical (unpaired) electrons. The molecule has 2 nitrogen and oxygen atoms in total. The second kappa shape index (κ2) is 1.84. The second-order valence-corrected chi connectivity index (χ2v) is 2.18. The Hall–Kier alpha value is -0.0200. The van der Waals surface area contributed by atoms with Crippen LogP contribution in [0, 0.1) is 0 Å². The van der Waals surface area contributed by atoms with Crippen LogP contribution in [0.3, 0.4) is 0 Å². The third-order valence-electron chi connectivity index (χ3n) is 0.515. The predicted molar refractivity (Wildman–Crippen MR) is 31.3 cm³/mol. The van der Waals surface area contributed by atoms with E-state index < -0.39 is 0 Å². The van der Waals surface area contributed by atoms with Crippen molar-refractivity contribution in [1.29, 1.82) is 0 Å². The van der Waals surface area contributed by atoms with Gasteiger partial charge in [0.1, 0.15) is 4.60 Å². The fourth-order valence-electron chi connectivity index (χ4n) is 0.277. The molecule has 7 heavy (non-hydrogen) atoms. The molecule has 1 aromatic heterocycles. The van der Waals surface area contributed by atoms with Crippen molar-refractivity contribution in [3.8, 4) is 0 Å². The maximum absolute atomic E-state index is 5.36. The quantitative estimate of drug-likeness (QED) is 0.650. The van der Waals surface area contributed by atoms with Crippen molar-refractivity contribution in [2.45, 2.75) is 0 Å². The summed E-state index contributed by atoms with van der Waals surface area (Å²) in [4.78, 5) is 6.41. The minimum absolute atomic E-state index is 0.409. The molecule has 38 valence electrons. The maximum atomic E-state index is 5.36.